The fraction of sp³-hybridized carbons (Fsp3) is 0.412. The number of Topliss-reactive ketones (excluding diaryl/α,β-unsaturated/α-hetero) is 1. The molecule has 1 fully saturated rings. The number of hydrogen-bond acceptors (Lipinski definition) is 4. The van der Waals surface area contributed by atoms with Gasteiger partial charge in [0.2, 0.25) is 0 Å². The van der Waals surface area contributed by atoms with Gasteiger partial charge in [-0.3, -0.25) is 10.2 Å². The van der Waals surface area contributed by atoms with Gasteiger partial charge in [0, 0.05) is 22.6 Å². The molecule has 3 atom stereocenters. The number of carbonyl (C=O) groups excluding carboxylic acids is 1. The van der Waals surface area contributed by atoms with Gasteiger partial charge in [-0.05, 0) is 46.9 Å². The fourth-order valence-corrected chi connectivity index (χ4v) is 5.58. The van der Waals surface area contributed by atoms with Gasteiger partial charge in [0.1, 0.15) is 11.6 Å². The van der Waals surface area contributed by atoms with Crippen molar-refractivity contribution in [1.29, 1.82) is 5.41 Å². The van der Waals surface area contributed by atoms with E-state index < -0.39 is 6.10 Å². The maximum Gasteiger partial charge on any atom is 0.182 e. The van der Waals surface area contributed by atoms with Crippen molar-refractivity contribution >= 4 is 28.6 Å². The minimum atomic E-state index is -0.824. The monoisotopic (exact) mass is 606 g/mol. The molecule has 5 nitrogen and oxygen atoms in total. The van der Waals surface area contributed by atoms with Crippen molar-refractivity contribution in [1.82, 2.24) is 4.90 Å². The van der Waals surface area contributed by atoms with E-state index in [1.54, 1.807) is 17.0 Å². The van der Waals surface area contributed by atoms with Gasteiger partial charge >= 0.3 is 0 Å². The summed E-state index contributed by atoms with van der Waals surface area (Å²) in [5, 5.41) is 31.6. The summed E-state index contributed by atoms with van der Waals surface area (Å²) in [6, 6.07) is 22.8. The van der Waals surface area contributed by atoms with Crippen molar-refractivity contribution in [2.45, 2.75) is 77.4 Å². The number of benzene rings is 3. The molecule has 0 aromatic heterocycles. The van der Waals surface area contributed by atoms with Crippen LogP contribution in [-0.2, 0) is 17.3 Å². The second-order valence-electron chi connectivity index (χ2n) is 12.9. The molecule has 1 saturated heterocycles. The van der Waals surface area contributed by atoms with Crippen LogP contribution in [0.2, 0.25) is 0 Å². The van der Waals surface area contributed by atoms with Gasteiger partial charge in [0.25, 0.3) is 0 Å². The van der Waals surface area contributed by atoms with E-state index in [0.717, 1.165) is 22.3 Å². The van der Waals surface area contributed by atoms with E-state index in [0.29, 0.717) is 24.2 Å². The Balaban J connectivity index is 0.00000441. The molecule has 3 N–H and O–H groups in total. The molecule has 6 heteroatoms. The molecule has 1 aliphatic heterocycles. The molecule has 1 aliphatic rings. The highest BCUT2D eigenvalue weighted by Crippen LogP contribution is 2.40. The number of hydrogen-bond donors (Lipinski definition) is 3. The Hall–Kier alpha value is -2.96. The summed E-state index contributed by atoms with van der Waals surface area (Å²) in [4.78, 5) is 15.7. The number of likely N-dealkylation sites (tertiary alicyclic amines) is 1. The second-order valence-corrected chi connectivity index (χ2v) is 12.9. The molecule has 3 aromatic rings. The van der Waals surface area contributed by atoms with Crippen molar-refractivity contribution in [3.05, 3.63) is 101 Å². The first kappa shape index (κ1) is 31.6. The lowest BCUT2D eigenvalue weighted by Crippen LogP contribution is -2.41. The van der Waals surface area contributed by atoms with Gasteiger partial charge in [-0.1, -0.05) is 102 Å². The van der Waals surface area contributed by atoms with Crippen LogP contribution in [-0.4, -0.2) is 39.3 Å². The first-order chi connectivity index (χ1) is 18.3. The van der Waals surface area contributed by atoms with Crippen LogP contribution in [0, 0.1) is 11.3 Å². The Morgan fingerprint density at radius 3 is 1.93 bits per heavy atom. The number of phenols is 1. The van der Waals surface area contributed by atoms with Gasteiger partial charge < -0.3 is 15.1 Å². The molecule has 40 heavy (non-hydrogen) atoms. The number of nitrogens with zero attached hydrogens (tertiary/aromatic N) is 1. The Bertz CT molecular complexity index is 1290. The highest BCUT2D eigenvalue weighted by molar-refractivity contribution is 8.93. The van der Waals surface area contributed by atoms with Crippen LogP contribution in [0.3, 0.4) is 0 Å². The zero-order valence-electron chi connectivity index (χ0n) is 24.4. The van der Waals surface area contributed by atoms with Crippen molar-refractivity contribution < 1.29 is 15.0 Å². The number of carbonyl (C=O) groups is 1. The van der Waals surface area contributed by atoms with Crippen molar-refractivity contribution in [2.24, 2.45) is 5.92 Å². The molecular weight excluding hydrogens is 564 g/mol. The normalized spacial score (nSPS) is 18.4. The number of halogens is 1. The summed E-state index contributed by atoms with van der Waals surface area (Å²) in [7, 11) is 0. The molecule has 1 heterocycles. The summed E-state index contributed by atoms with van der Waals surface area (Å²) in [5.41, 5.74) is 3.20. The number of aromatic hydroxyl groups is 1. The molecule has 0 radical (unpaired) electrons. The third kappa shape index (κ3) is 6.84. The van der Waals surface area contributed by atoms with Crippen LogP contribution in [0.15, 0.2) is 72.8 Å². The zero-order valence-corrected chi connectivity index (χ0v) is 26.2. The average molecular weight is 608 g/mol. The molecule has 3 aromatic carbocycles. The van der Waals surface area contributed by atoms with Gasteiger partial charge in [0.05, 0.1) is 18.7 Å². The Labute approximate surface area is 249 Å². The van der Waals surface area contributed by atoms with Crippen LogP contribution in [0.25, 0.3) is 0 Å². The van der Waals surface area contributed by atoms with Crippen LogP contribution in [0.5, 0.6) is 5.75 Å². The van der Waals surface area contributed by atoms with Gasteiger partial charge in [0.15, 0.2) is 5.78 Å². The minimum Gasteiger partial charge on any atom is -0.507 e. The maximum absolute atomic E-state index is 13.9. The SMILES string of the molecule is Br.CC(C)(C)c1cc(C(=O)CN2C(=N)C(Cc3ccccc3)CC2C(O)c2ccccc2)cc(C(C)(C)C)c1O. The molecule has 0 aliphatic carbocycles. The molecule has 4 rings (SSSR count). The second kappa shape index (κ2) is 12.3. The highest BCUT2D eigenvalue weighted by Gasteiger charge is 2.42. The number of aliphatic hydroxyl groups is 1. The zero-order chi connectivity index (χ0) is 28.5. The van der Waals surface area contributed by atoms with Gasteiger partial charge in [-0.25, -0.2) is 0 Å². The molecule has 0 bridgehead atoms. The minimum absolute atomic E-state index is 0. The molecule has 3 unspecified atom stereocenters. The topological polar surface area (TPSA) is 84.6 Å². The standard InChI is InChI=1S/C34H42N2O3.BrH/c1-33(2,3)26-18-24(19-27(31(26)39)34(4,5)6)29(37)21-36-28(30(38)23-15-11-8-12-16-23)20-25(32(36)35)17-22-13-9-7-10-14-22;/h7-16,18-19,25,28,30,35,38-39H,17,20-21H2,1-6H3;1H. The van der Waals surface area contributed by atoms with Crippen LogP contribution in [0.4, 0.5) is 0 Å². The van der Waals surface area contributed by atoms with Crippen molar-refractivity contribution in [3.63, 3.8) is 0 Å². The molecule has 0 amide bonds. The largest absolute Gasteiger partial charge is 0.507 e. The number of aliphatic hydroxyl groups excluding tert-OH is 1. The highest BCUT2D eigenvalue weighted by atomic mass is 79.9. The Morgan fingerprint density at radius 1 is 0.925 bits per heavy atom. The van der Waals surface area contributed by atoms with Crippen LogP contribution in [0.1, 0.15) is 86.7 Å². The first-order valence-corrected chi connectivity index (χ1v) is 13.8. The predicted molar refractivity (Wildman–Crippen MR) is 168 cm³/mol. The molecule has 214 valence electrons. The lowest BCUT2D eigenvalue weighted by atomic mass is 9.78. The van der Waals surface area contributed by atoms with Crippen LogP contribution < -0.4 is 0 Å². The summed E-state index contributed by atoms with van der Waals surface area (Å²) in [5.74, 6) is 0.402. The molecular formula is C34H43BrN2O3. The fourth-order valence-electron chi connectivity index (χ4n) is 5.58. The van der Waals surface area contributed by atoms with Crippen LogP contribution >= 0.6 is 17.0 Å². The Morgan fingerprint density at radius 2 is 1.43 bits per heavy atom. The molecule has 0 spiro atoms. The molecule has 0 saturated carbocycles. The third-order valence-corrected chi connectivity index (χ3v) is 7.81. The maximum atomic E-state index is 13.9. The van der Waals surface area contributed by atoms with E-state index in [1.165, 1.54) is 0 Å². The van der Waals surface area contributed by atoms with E-state index in [-0.39, 0.29) is 57.8 Å². The smallest absolute Gasteiger partial charge is 0.182 e. The lowest BCUT2D eigenvalue weighted by Gasteiger charge is -2.31. The number of rotatable bonds is 7. The number of amidine groups is 1. The summed E-state index contributed by atoms with van der Waals surface area (Å²) < 4.78 is 0. The van der Waals surface area contributed by atoms with E-state index >= 15 is 0 Å². The predicted octanol–water partition coefficient (Wildman–Crippen LogP) is 7.39. The van der Waals surface area contributed by atoms with Gasteiger partial charge in [-0.15, -0.1) is 17.0 Å². The van der Waals surface area contributed by atoms with Crippen molar-refractivity contribution in [3.8, 4) is 5.75 Å². The first-order valence-electron chi connectivity index (χ1n) is 13.8. The van der Waals surface area contributed by atoms with E-state index in [4.69, 9.17) is 5.41 Å². The summed E-state index contributed by atoms with van der Waals surface area (Å²) in [6.07, 6.45) is 0.451. The quantitative estimate of drug-likeness (QED) is 0.245. The summed E-state index contributed by atoms with van der Waals surface area (Å²) in [6.45, 7) is 12.2. The lowest BCUT2D eigenvalue weighted by molar-refractivity contribution is 0.0776. The van der Waals surface area contributed by atoms with E-state index in [2.05, 4.69) is 12.1 Å². The summed E-state index contributed by atoms with van der Waals surface area (Å²) >= 11 is 0. The van der Waals surface area contributed by atoms with Gasteiger partial charge in [-0.2, -0.15) is 0 Å². The number of phenolic OH excluding ortho intramolecular Hbond substituents is 1. The Kier molecular flexibility index (Phi) is 9.69. The van der Waals surface area contributed by atoms with E-state index in [9.17, 15) is 15.0 Å². The average Bonchev–Trinajstić information content (AvgIpc) is 3.18. The number of ketones is 1. The van der Waals surface area contributed by atoms with Crippen molar-refractivity contribution in [2.75, 3.05) is 6.54 Å². The van der Waals surface area contributed by atoms with E-state index in [1.807, 2.05) is 90.1 Å². The third-order valence-electron chi connectivity index (χ3n) is 7.81. The number of nitrogens with one attached hydrogen (secondary N) is 1.